The molecule has 1 N–H and O–H groups in total. The van der Waals surface area contributed by atoms with Crippen molar-refractivity contribution in [3.63, 3.8) is 0 Å². The zero-order chi connectivity index (χ0) is 54.5. The van der Waals surface area contributed by atoms with Crippen molar-refractivity contribution in [1.29, 1.82) is 0 Å². The van der Waals surface area contributed by atoms with E-state index < -0.39 is 21.4 Å². The number of amides is 1. The molecule has 0 radical (unpaired) electrons. The normalized spacial score (nSPS) is 11.0. The summed E-state index contributed by atoms with van der Waals surface area (Å²) in [6, 6.07) is 82.0. The molecule has 8 heteroatoms. The molecule has 0 aliphatic carbocycles. The van der Waals surface area contributed by atoms with Crippen LogP contribution in [-0.4, -0.2) is 49.1 Å². The van der Waals surface area contributed by atoms with Gasteiger partial charge in [-0.25, -0.2) is 9.59 Å². The van der Waals surface area contributed by atoms with Crippen LogP contribution in [0.15, 0.2) is 249 Å². The minimum atomic E-state index is -0.531. The molecule has 0 spiro atoms. The molecule has 0 atom stereocenters. The molecule has 0 aromatic heterocycles. The molecule has 0 fully saturated rings. The fraction of sp³-hybridized carbons (Fsp3) is 0.141. The molecule has 0 aliphatic heterocycles. The van der Waals surface area contributed by atoms with E-state index in [0.29, 0.717) is 57.0 Å². The third kappa shape index (κ3) is 13.9. The zero-order valence-electron chi connectivity index (χ0n) is 44.0. The number of carbonyl (C=O) groups is 3. The first-order valence-electron chi connectivity index (χ1n) is 26.5. The summed E-state index contributed by atoms with van der Waals surface area (Å²) in [7, 11) is 0. The lowest BCUT2D eigenvalue weighted by Gasteiger charge is -2.35. The molecule has 0 unspecified atom stereocenters. The molecule has 79 heavy (non-hydrogen) atoms. The van der Waals surface area contributed by atoms with E-state index in [1.54, 1.807) is 72.1 Å². The second kappa shape index (κ2) is 27.5. The van der Waals surface area contributed by atoms with Crippen molar-refractivity contribution in [2.45, 2.75) is 29.3 Å². The molecule has 6 nitrogen and oxygen atoms in total. The van der Waals surface area contributed by atoms with Crippen LogP contribution in [0.5, 0.6) is 0 Å². The van der Waals surface area contributed by atoms with Crippen molar-refractivity contribution >= 4 is 41.4 Å². The van der Waals surface area contributed by atoms with Gasteiger partial charge < -0.3 is 14.8 Å². The van der Waals surface area contributed by atoms with E-state index in [-0.39, 0.29) is 19.1 Å². The van der Waals surface area contributed by atoms with Crippen LogP contribution in [0.3, 0.4) is 0 Å². The monoisotopic (exact) mass is 1070 g/mol. The summed E-state index contributed by atoms with van der Waals surface area (Å²) < 4.78 is 10.8. The highest BCUT2D eigenvalue weighted by Crippen LogP contribution is 2.49. The summed E-state index contributed by atoms with van der Waals surface area (Å²) in [5.41, 5.74) is 10.4. The largest absolute Gasteiger partial charge is 0.461 e. The highest BCUT2D eigenvalue weighted by Gasteiger charge is 2.38. The number of hydrogen-bond acceptors (Lipinski definition) is 7. The van der Waals surface area contributed by atoms with E-state index >= 15 is 0 Å². The van der Waals surface area contributed by atoms with Gasteiger partial charge in [0, 0.05) is 45.9 Å². The molecule has 9 aromatic carbocycles. The quantitative estimate of drug-likeness (QED) is 0.0352. The number of carbonyl (C=O) groups excluding carboxylic acids is 3. The SMILES string of the molecule is CCCCNC(=O)c1cc(C#Cc2cccc(C(=O)OCCSC(c3ccccc3)(c3ccccc3)c3ccccc3)c2)cc(C#Cc2cccc(C(=O)OCCSC(c3ccccc3)(c3ccccc3)c3ccccc3)c2)c1. The first-order valence-corrected chi connectivity index (χ1v) is 28.5. The fourth-order valence-electron chi connectivity index (χ4n) is 9.48. The summed E-state index contributed by atoms with van der Waals surface area (Å²) in [5.74, 6) is 12.8. The maximum Gasteiger partial charge on any atom is 0.338 e. The van der Waals surface area contributed by atoms with E-state index in [2.05, 4.69) is 182 Å². The highest BCUT2D eigenvalue weighted by atomic mass is 32.2. The van der Waals surface area contributed by atoms with Crippen molar-refractivity contribution < 1.29 is 23.9 Å². The van der Waals surface area contributed by atoms with E-state index in [1.165, 1.54) is 0 Å². The Kier molecular flexibility index (Phi) is 19.1. The van der Waals surface area contributed by atoms with Crippen LogP contribution in [0.25, 0.3) is 0 Å². The highest BCUT2D eigenvalue weighted by molar-refractivity contribution is 8.00. The second-order valence-corrected chi connectivity index (χ2v) is 21.2. The van der Waals surface area contributed by atoms with E-state index in [0.717, 1.165) is 46.2 Å². The Hall–Kier alpha value is -8.79. The Bertz CT molecular complexity index is 3170. The summed E-state index contributed by atoms with van der Waals surface area (Å²) in [4.78, 5) is 40.6. The predicted molar refractivity (Wildman–Crippen MR) is 322 cm³/mol. The number of benzene rings is 9. The lowest BCUT2D eigenvalue weighted by atomic mass is 9.84. The maximum atomic E-state index is 13.6. The fourth-order valence-corrected chi connectivity index (χ4v) is 12.2. The van der Waals surface area contributed by atoms with E-state index in [9.17, 15) is 14.4 Å². The van der Waals surface area contributed by atoms with Crippen molar-refractivity contribution in [3.05, 3.63) is 321 Å². The number of esters is 2. The molecule has 0 saturated carbocycles. The number of thioether (sulfide) groups is 2. The van der Waals surface area contributed by atoms with Crippen molar-refractivity contribution in [2.24, 2.45) is 0 Å². The van der Waals surface area contributed by atoms with Gasteiger partial charge in [0.25, 0.3) is 5.91 Å². The van der Waals surface area contributed by atoms with Crippen LogP contribution in [0, 0.1) is 23.7 Å². The Labute approximate surface area is 473 Å². The van der Waals surface area contributed by atoms with Crippen molar-refractivity contribution in [2.75, 3.05) is 31.3 Å². The van der Waals surface area contributed by atoms with Gasteiger partial charge in [-0.15, -0.1) is 23.5 Å². The molecule has 0 bridgehead atoms. The van der Waals surface area contributed by atoms with E-state index in [1.807, 2.05) is 54.6 Å². The standard InChI is InChI=1S/C71H59NO5S2/c1-2-3-44-72-67(73)60-52-56(42-40-54-24-22-26-58(50-54)68(74)76-45-47-78-70(61-28-10-4-11-29-61,62-30-12-5-13-31-62)63-32-14-6-15-33-63)49-57(53-60)43-41-55-25-23-27-59(51-55)69(75)77-46-48-79-71(64-34-16-7-17-35-64,65-36-18-8-19-37-65)66-38-20-9-21-39-66/h4-39,49-53H,2-3,44-48H2,1H3,(H,72,73). The van der Waals surface area contributed by atoms with Crippen LogP contribution in [0.2, 0.25) is 0 Å². The average Bonchev–Trinajstić information content (AvgIpc) is 3.60. The molecule has 0 heterocycles. The smallest absolute Gasteiger partial charge is 0.338 e. The molecule has 9 aromatic rings. The molecule has 390 valence electrons. The Morgan fingerprint density at radius 1 is 0.392 bits per heavy atom. The summed E-state index contributed by atoms with van der Waals surface area (Å²) in [6.07, 6.45) is 1.79. The van der Waals surface area contributed by atoms with Gasteiger partial charge >= 0.3 is 11.9 Å². The number of rotatable bonds is 20. The molecular formula is C71H59NO5S2. The number of hydrogen-bond donors (Lipinski definition) is 1. The predicted octanol–water partition coefficient (Wildman–Crippen LogP) is 14.8. The van der Waals surface area contributed by atoms with Gasteiger partial charge in [-0.2, -0.15) is 0 Å². The third-order valence-corrected chi connectivity index (χ3v) is 16.3. The molecule has 9 rings (SSSR count). The molecule has 0 aliphatic rings. The maximum absolute atomic E-state index is 13.6. The second-order valence-electron chi connectivity index (χ2n) is 18.6. The van der Waals surface area contributed by atoms with Crippen LogP contribution >= 0.6 is 23.5 Å². The molecule has 1 amide bonds. The van der Waals surface area contributed by atoms with Gasteiger partial charge in [0.05, 0.1) is 20.6 Å². The molecule has 0 saturated heterocycles. The van der Waals surface area contributed by atoms with Gasteiger partial charge in [0.15, 0.2) is 0 Å². The van der Waals surface area contributed by atoms with Crippen LogP contribution < -0.4 is 5.32 Å². The van der Waals surface area contributed by atoms with Crippen LogP contribution in [0.1, 0.15) is 106 Å². The van der Waals surface area contributed by atoms with Crippen LogP contribution in [0.4, 0.5) is 0 Å². The number of ether oxygens (including phenoxy) is 2. The van der Waals surface area contributed by atoms with Gasteiger partial charge in [-0.3, -0.25) is 4.79 Å². The minimum Gasteiger partial charge on any atom is -0.461 e. The lowest BCUT2D eigenvalue weighted by Crippen LogP contribution is -2.27. The zero-order valence-corrected chi connectivity index (χ0v) is 45.6. The van der Waals surface area contributed by atoms with Gasteiger partial charge in [0.2, 0.25) is 0 Å². The first kappa shape index (κ1) is 55.0. The summed E-state index contributed by atoms with van der Waals surface area (Å²) >= 11 is 3.47. The average molecular weight is 1070 g/mol. The Morgan fingerprint density at radius 3 is 1.04 bits per heavy atom. The van der Waals surface area contributed by atoms with Gasteiger partial charge in [-0.05, 0) is 94.4 Å². The van der Waals surface area contributed by atoms with E-state index in [4.69, 9.17) is 9.47 Å². The third-order valence-electron chi connectivity index (χ3n) is 13.3. The Balaban J connectivity index is 0.878. The number of nitrogens with one attached hydrogen (secondary N) is 1. The summed E-state index contributed by atoms with van der Waals surface area (Å²) in [6.45, 7) is 3.00. The molecular weight excluding hydrogens is 1010 g/mol. The minimum absolute atomic E-state index is 0.194. The lowest BCUT2D eigenvalue weighted by molar-refractivity contribution is 0.0520. The number of unbranched alkanes of at least 4 members (excludes halogenated alkanes) is 1. The summed E-state index contributed by atoms with van der Waals surface area (Å²) in [5, 5.41) is 3.01. The topological polar surface area (TPSA) is 81.7 Å². The van der Waals surface area contributed by atoms with Crippen molar-refractivity contribution in [1.82, 2.24) is 5.32 Å². The first-order chi connectivity index (χ1) is 38.9. The van der Waals surface area contributed by atoms with Crippen LogP contribution in [-0.2, 0) is 19.0 Å². The van der Waals surface area contributed by atoms with Gasteiger partial charge in [-0.1, -0.05) is 231 Å². The van der Waals surface area contributed by atoms with Gasteiger partial charge in [0.1, 0.15) is 13.2 Å². The Morgan fingerprint density at radius 2 is 0.709 bits per heavy atom. The van der Waals surface area contributed by atoms with Crippen molar-refractivity contribution in [3.8, 4) is 23.7 Å².